The highest BCUT2D eigenvalue weighted by Gasteiger charge is 2.48. The Morgan fingerprint density at radius 1 is 1.33 bits per heavy atom. The van der Waals surface area contributed by atoms with Crippen molar-refractivity contribution in [3.05, 3.63) is 23.8 Å². The van der Waals surface area contributed by atoms with Gasteiger partial charge in [0.05, 0.1) is 5.69 Å². The van der Waals surface area contributed by atoms with Gasteiger partial charge in [-0.1, -0.05) is 13.8 Å². The van der Waals surface area contributed by atoms with Crippen molar-refractivity contribution in [3.8, 4) is 0 Å². The van der Waals surface area contributed by atoms with Crippen LogP contribution < -0.4 is 10.6 Å². The summed E-state index contributed by atoms with van der Waals surface area (Å²) in [5.41, 5.74) is 0.258. The molecule has 130 valence electrons. The molecule has 0 aliphatic carbocycles. The fraction of sp³-hybridized carbons (Fsp3) is 0.647. The number of carbonyl (C=O) groups excluding carboxylic acids is 2. The Labute approximate surface area is 142 Å². The molecule has 0 unspecified atom stereocenters. The van der Waals surface area contributed by atoms with Crippen molar-refractivity contribution < 1.29 is 9.59 Å². The third-order valence-corrected chi connectivity index (χ3v) is 5.11. The van der Waals surface area contributed by atoms with Gasteiger partial charge in [0, 0.05) is 18.7 Å². The molecule has 2 aliphatic rings. The zero-order valence-electron chi connectivity index (χ0n) is 14.5. The van der Waals surface area contributed by atoms with Crippen LogP contribution in [0.5, 0.6) is 0 Å². The molecule has 24 heavy (non-hydrogen) atoms. The van der Waals surface area contributed by atoms with Crippen LogP contribution in [0.1, 0.15) is 51.0 Å². The zero-order valence-corrected chi connectivity index (χ0v) is 14.5. The molecule has 0 saturated carbocycles. The van der Waals surface area contributed by atoms with Crippen molar-refractivity contribution in [2.24, 2.45) is 5.92 Å². The van der Waals surface area contributed by atoms with E-state index in [1.54, 1.807) is 0 Å². The Balaban J connectivity index is 1.59. The minimum absolute atomic E-state index is 0.164. The number of hydrogen-bond acceptors (Lipinski definition) is 5. The molecule has 0 aromatic carbocycles. The van der Waals surface area contributed by atoms with E-state index in [9.17, 15) is 9.59 Å². The summed E-state index contributed by atoms with van der Waals surface area (Å²) >= 11 is 0. The monoisotopic (exact) mass is 331 g/mol. The van der Waals surface area contributed by atoms with Crippen LogP contribution in [0, 0.1) is 5.92 Å². The molecule has 0 spiro atoms. The number of hydrogen-bond donors (Lipinski definition) is 2. The van der Waals surface area contributed by atoms with Crippen LogP contribution in [0.15, 0.2) is 12.3 Å². The molecule has 1 aromatic heterocycles. The summed E-state index contributed by atoms with van der Waals surface area (Å²) in [5, 5.41) is 5.15. The van der Waals surface area contributed by atoms with E-state index >= 15 is 0 Å². The Hall–Kier alpha value is -2.02. The van der Waals surface area contributed by atoms with Crippen LogP contribution in [0.2, 0.25) is 0 Å². The Kier molecular flexibility index (Phi) is 4.54. The van der Waals surface area contributed by atoms with Crippen molar-refractivity contribution >= 4 is 11.9 Å². The normalized spacial score (nSPS) is 25.8. The maximum atomic E-state index is 12.1. The van der Waals surface area contributed by atoms with Gasteiger partial charge in [0.2, 0.25) is 0 Å². The highest BCUT2D eigenvalue weighted by Crippen LogP contribution is 2.31. The van der Waals surface area contributed by atoms with Crippen molar-refractivity contribution in [1.29, 1.82) is 0 Å². The van der Waals surface area contributed by atoms with Crippen LogP contribution in [0.4, 0.5) is 4.79 Å². The molecule has 0 bridgehead atoms. The topological polar surface area (TPSA) is 87.2 Å². The molecule has 2 saturated heterocycles. The lowest BCUT2D eigenvalue weighted by atomic mass is 9.79. The van der Waals surface area contributed by atoms with E-state index in [-0.39, 0.29) is 17.9 Å². The summed E-state index contributed by atoms with van der Waals surface area (Å²) in [6.07, 6.45) is 3.59. The molecule has 0 radical (unpaired) electrons. The van der Waals surface area contributed by atoms with E-state index in [1.807, 2.05) is 19.2 Å². The van der Waals surface area contributed by atoms with Gasteiger partial charge >= 0.3 is 6.03 Å². The average molecular weight is 331 g/mol. The first kappa shape index (κ1) is 16.8. The number of likely N-dealkylation sites (tertiary alicyclic amines) is 1. The number of nitrogens with one attached hydrogen (secondary N) is 2. The van der Waals surface area contributed by atoms with Gasteiger partial charge in [0.15, 0.2) is 0 Å². The van der Waals surface area contributed by atoms with E-state index in [0.717, 1.165) is 44.0 Å². The highest BCUT2D eigenvalue weighted by atomic mass is 16.2. The fourth-order valence-corrected chi connectivity index (χ4v) is 3.52. The van der Waals surface area contributed by atoms with Gasteiger partial charge < -0.3 is 5.32 Å². The number of urea groups is 1. The predicted octanol–water partition coefficient (Wildman–Crippen LogP) is 1.41. The lowest BCUT2D eigenvalue weighted by molar-refractivity contribution is -0.125. The number of imide groups is 1. The molecule has 3 heterocycles. The van der Waals surface area contributed by atoms with Crippen molar-refractivity contribution in [1.82, 2.24) is 25.5 Å². The number of rotatable bonds is 4. The summed E-state index contributed by atoms with van der Waals surface area (Å²) in [7, 11) is 0. The van der Waals surface area contributed by atoms with Gasteiger partial charge in [0.1, 0.15) is 11.4 Å². The van der Waals surface area contributed by atoms with Crippen LogP contribution in [-0.4, -0.2) is 45.4 Å². The second kappa shape index (κ2) is 6.47. The minimum atomic E-state index is -0.775. The molecule has 1 atom stereocenters. The standard InChI is InChI=1S/C17H25N5O2/c1-11(2)14-18-7-4-13(19-14)10-22-8-5-12(6-9-22)17(3)15(23)20-16(24)21-17/h4,7,11-12H,5-6,8-10H2,1-3H3,(H2,20,21,23,24)/t17-/m0/s1. The summed E-state index contributed by atoms with van der Waals surface area (Å²) < 4.78 is 0. The van der Waals surface area contributed by atoms with Gasteiger partial charge in [-0.15, -0.1) is 0 Å². The number of piperidine rings is 1. The summed E-state index contributed by atoms with van der Waals surface area (Å²) in [5.74, 6) is 1.15. The molecule has 3 amide bonds. The quantitative estimate of drug-likeness (QED) is 0.815. The van der Waals surface area contributed by atoms with Crippen LogP contribution in [0.25, 0.3) is 0 Å². The van der Waals surface area contributed by atoms with Gasteiger partial charge in [-0.3, -0.25) is 15.0 Å². The molecular formula is C17H25N5O2. The molecule has 2 fully saturated rings. The van der Waals surface area contributed by atoms with Crippen molar-refractivity contribution in [3.63, 3.8) is 0 Å². The smallest absolute Gasteiger partial charge is 0.322 e. The maximum Gasteiger partial charge on any atom is 0.322 e. The highest BCUT2D eigenvalue weighted by molar-refractivity contribution is 6.06. The first-order valence-electron chi connectivity index (χ1n) is 8.56. The summed E-state index contributed by atoms with van der Waals surface area (Å²) in [6.45, 7) is 8.59. The predicted molar refractivity (Wildman–Crippen MR) is 89.2 cm³/mol. The van der Waals surface area contributed by atoms with Crippen LogP contribution >= 0.6 is 0 Å². The third kappa shape index (κ3) is 3.26. The van der Waals surface area contributed by atoms with E-state index in [1.165, 1.54) is 0 Å². The number of aromatic nitrogens is 2. The molecule has 7 heteroatoms. The van der Waals surface area contributed by atoms with Crippen molar-refractivity contribution in [2.75, 3.05) is 13.1 Å². The van der Waals surface area contributed by atoms with Crippen molar-refractivity contribution in [2.45, 2.75) is 51.6 Å². The lowest BCUT2D eigenvalue weighted by Crippen LogP contribution is -2.53. The number of carbonyl (C=O) groups is 2. The lowest BCUT2D eigenvalue weighted by Gasteiger charge is -2.38. The van der Waals surface area contributed by atoms with E-state index < -0.39 is 5.54 Å². The SMILES string of the molecule is CC(C)c1nccc(CN2CCC([C@]3(C)NC(=O)NC3=O)CC2)n1. The average Bonchev–Trinajstić information content (AvgIpc) is 2.81. The first-order chi connectivity index (χ1) is 11.4. The van der Waals surface area contributed by atoms with Gasteiger partial charge in [-0.05, 0) is 44.8 Å². The Bertz CT molecular complexity index is 640. The van der Waals surface area contributed by atoms with Crippen LogP contribution in [-0.2, 0) is 11.3 Å². The fourth-order valence-electron chi connectivity index (χ4n) is 3.52. The Morgan fingerprint density at radius 3 is 2.62 bits per heavy atom. The van der Waals surface area contributed by atoms with Gasteiger partial charge in [-0.25, -0.2) is 14.8 Å². The van der Waals surface area contributed by atoms with E-state index in [4.69, 9.17) is 0 Å². The third-order valence-electron chi connectivity index (χ3n) is 5.11. The van der Waals surface area contributed by atoms with Gasteiger partial charge in [-0.2, -0.15) is 0 Å². The van der Waals surface area contributed by atoms with Crippen LogP contribution in [0.3, 0.4) is 0 Å². The molecule has 2 N–H and O–H groups in total. The number of nitrogens with zero attached hydrogens (tertiary/aromatic N) is 3. The second-order valence-corrected chi connectivity index (χ2v) is 7.22. The van der Waals surface area contributed by atoms with E-state index in [2.05, 4.69) is 39.3 Å². The second-order valence-electron chi connectivity index (χ2n) is 7.22. The van der Waals surface area contributed by atoms with E-state index in [0.29, 0.717) is 5.92 Å². The first-order valence-corrected chi connectivity index (χ1v) is 8.56. The molecular weight excluding hydrogens is 306 g/mol. The van der Waals surface area contributed by atoms with Gasteiger partial charge in [0.25, 0.3) is 5.91 Å². The summed E-state index contributed by atoms with van der Waals surface area (Å²) in [6, 6.07) is 1.58. The molecule has 2 aliphatic heterocycles. The zero-order chi connectivity index (χ0) is 17.3. The molecule has 3 rings (SSSR count). The summed E-state index contributed by atoms with van der Waals surface area (Å²) in [4.78, 5) is 34.8. The maximum absolute atomic E-state index is 12.1. The minimum Gasteiger partial charge on any atom is -0.323 e. The number of amides is 3. The largest absolute Gasteiger partial charge is 0.323 e. The Morgan fingerprint density at radius 2 is 2.04 bits per heavy atom. The molecule has 7 nitrogen and oxygen atoms in total. The molecule has 1 aromatic rings.